The standard InChI is InChI=1S/C16H25BrN2/c1-3-16(4-2)8-10-19(12-16)15-11-14(17)6-5-13(15)7-9-18/h5-6,11H,3-4,7-10,12,18H2,1-2H3. The van der Waals surface area contributed by atoms with Crippen LogP contribution >= 0.6 is 15.9 Å². The molecule has 1 aromatic rings. The van der Waals surface area contributed by atoms with Crippen molar-refractivity contribution in [3.63, 3.8) is 0 Å². The maximum atomic E-state index is 5.74. The van der Waals surface area contributed by atoms with Gasteiger partial charge in [-0.05, 0) is 55.3 Å². The first-order chi connectivity index (χ1) is 9.14. The van der Waals surface area contributed by atoms with Crippen LogP contribution in [0.25, 0.3) is 0 Å². The van der Waals surface area contributed by atoms with Crippen molar-refractivity contribution in [2.45, 2.75) is 39.5 Å². The normalized spacial score (nSPS) is 18.0. The highest BCUT2D eigenvalue weighted by molar-refractivity contribution is 9.10. The van der Waals surface area contributed by atoms with E-state index in [9.17, 15) is 0 Å². The van der Waals surface area contributed by atoms with E-state index in [4.69, 9.17) is 5.73 Å². The van der Waals surface area contributed by atoms with Gasteiger partial charge in [-0.2, -0.15) is 0 Å². The molecule has 0 unspecified atom stereocenters. The summed E-state index contributed by atoms with van der Waals surface area (Å²) in [6.45, 7) is 7.74. The highest BCUT2D eigenvalue weighted by atomic mass is 79.9. The van der Waals surface area contributed by atoms with Gasteiger partial charge in [0.15, 0.2) is 0 Å². The van der Waals surface area contributed by atoms with E-state index in [1.165, 1.54) is 43.6 Å². The summed E-state index contributed by atoms with van der Waals surface area (Å²) in [5.74, 6) is 0. The van der Waals surface area contributed by atoms with Gasteiger partial charge in [-0.1, -0.05) is 35.8 Å². The minimum atomic E-state index is 0.516. The summed E-state index contributed by atoms with van der Waals surface area (Å²) in [7, 11) is 0. The van der Waals surface area contributed by atoms with Gasteiger partial charge in [0.05, 0.1) is 0 Å². The van der Waals surface area contributed by atoms with E-state index in [0.717, 1.165) is 17.4 Å². The Morgan fingerprint density at radius 2 is 2.05 bits per heavy atom. The molecule has 3 heteroatoms. The average molecular weight is 325 g/mol. The number of hydrogen-bond acceptors (Lipinski definition) is 2. The fraction of sp³-hybridized carbons (Fsp3) is 0.625. The fourth-order valence-corrected chi connectivity index (χ4v) is 3.52. The van der Waals surface area contributed by atoms with Gasteiger partial charge < -0.3 is 10.6 Å². The first kappa shape index (κ1) is 14.9. The van der Waals surface area contributed by atoms with Crippen molar-refractivity contribution in [2.75, 3.05) is 24.5 Å². The van der Waals surface area contributed by atoms with E-state index in [0.29, 0.717) is 5.41 Å². The van der Waals surface area contributed by atoms with Crippen LogP contribution in [0.1, 0.15) is 38.7 Å². The smallest absolute Gasteiger partial charge is 0.0410 e. The van der Waals surface area contributed by atoms with Gasteiger partial charge in [-0.25, -0.2) is 0 Å². The van der Waals surface area contributed by atoms with Crippen LogP contribution in [0.3, 0.4) is 0 Å². The highest BCUT2D eigenvalue weighted by Gasteiger charge is 2.35. The molecule has 1 saturated heterocycles. The molecule has 19 heavy (non-hydrogen) atoms. The van der Waals surface area contributed by atoms with E-state index in [1.54, 1.807) is 0 Å². The number of benzene rings is 1. The third-order valence-corrected chi connectivity index (χ3v) is 5.23. The Balaban J connectivity index is 2.25. The molecule has 1 aliphatic rings. The Hall–Kier alpha value is -0.540. The van der Waals surface area contributed by atoms with Gasteiger partial charge in [-0.3, -0.25) is 0 Å². The van der Waals surface area contributed by atoms with Gasteiger partial charge in [0, 0.05) is 23.2 Å². The first-order valence-corrected chi connectivity index (χ1v) is 8.17. The number of nitrogens with two attached hydrogens (primary N) is 1. The van der Waals surface area contributed by atoms with Crippen LogP contribution in [0.5, 0.6) is 0 Å². The lowest BCUT2D eigenvalue weighted by molar-refractivity contribution is 0.301. The second-order valence-corrected chi connectivity index (χ2v) is 6.61. The summed E-state index contributed by atoms with van der Waals surface area (Å²) in [6, 6.07) is 6.59. The molecule has 0 radical (unpaired) electrons. The molecule has 0 aliphatic carbocycles. The molecule has 106 valence electrons. The molecular formula is C16H25BrN2. The topological polar surface area (TPSA) is 29.3 Å². The molecule has 2 rings (SSSR count). The lowest BCUT2D eigenvalue weighted by atomic mass is 9.82. The van der Waals surface area contributed by atoms with Crippen molar-refractivity contribution in [2.24, 2.45) is 11.1 Å². The van der Waals surface area contributed by atoms with Crippen LogP contribution in [-0.4, -0.2) is 19.6 Å². The number of nitrogens with zero attached hydrogens (tertiary/aromatic N) is 1. The van der Waals surface area contributed by atoms with Gasteiger partial charge in [-0.15, -0.1) is 0 Å². The summed E-state index contributed by atoms with van der Waals surface area (Å²) in [4.78, 5) is 2.56. The number of anilines is 1. The highest BCUT2D eigenvalue weighted by Crippen LogP contribution is 2.40. The molecule has 2 N–H and O–H groups in total. The van der Waals surface area contributed by atoms with Crippen molar-refractivity contribution in [1.29, 1.82) is 0 Å². The number of halogens is 1. The van der Waals surface area contributed by atoms with Crippen LogP contribution in [0.4, 0.5) is 5.69 Å². The summed E-state index contributed by atoms with van der Waals surface area (Å²) < 4.78 is 1.16. The summed E-state index contributed by atoms with van der Waals surface area (Å²) in [6.07, 6.45) is 4.83. The van der Waals surface area contributed by atoms with Crippen molar-refractivity contribution >= 4 is 21.6 Å². The predicted molar refractivity (Wildman–Crippen MR) is 86.7 cm³/mol. The quantitative estimate of drug-likeness (QED) is 0.888. The number of hydrogen-bond donors (Lipinski definition) is 1. The maximum absolute atomic E-state index is 5.74. The van der Waals surface area contributed by atoms with E-state index >= 15 is 0 Å². The molecule has 0 bridgehead atoms. The van der Waals surface area contributed by atoms with Gasteiger partial charge in [0.1, 0.15) is 0 Å². The van der Waals surface area contributed by atoms with Gasteiger partial charge in [0.25, 0.3) is 0 Å². The predicted octanol–water partition coefficient (Wildman–Crippen LogP) is 3.97. The van der Waals surface area contributed by atoms with Crippen molar-refractivity contribution in [1.82, 2.24) is 0 Å². The second-order valence-electron chi connectivity index (χ2n) is 5.69. The Morgan fingerprint density at radius 3 is 2.63 bits per heavy atom. The molecule has 2 nitrogen and oxygen atoms in total. The second kappa shape index (κ2) is 6.27. The van der Waals surface area contributed by atoms with Crippen LogP contribution in [0, 0.1) is 5.41 Å². The molecule has 1 aromatic carbocycles. The van der Waals surface area contributed by atoms with Crippen molar-refractivity contribution < 1.29 is 0 Å². The van der Waals surface area contributed by atoms with Crippen molar-refractivity contribution in [3.8, 4) is 0 Å². The Labute approximate surface area is 125 Å². The van der Waals surface area contributed by atoms with Gasteiger partial charge >= 0.3 is 0 Å². The summed E-state index contributed by atoms with van der Waals surface area (Å²) >= 11 is 3.60. The molecule has 0 amide bonds. The summed E-state index contributed by atoms with van der Waals surface area (Å²) in [5.41, 5.74) is 9.02. The number of rotatable bonds is 5. The zero-order valence-electron chi connectivity index (χ0n) is 12.1. The van der Waals surface area contributed by atoms with Crippen molar-refractivity contribution in [3.05, 3.63) is 28.2 Å². The lowest BCUT2D eigenvalue weighted by Crippen LogP contribution is -2.27. The fourth-order valence-electron chi connectivity index (χ4n) is 3.17. The molecule has 0 atom stereocenters. The molecule has 1 aliphatic heterocycles. The maximum Gasteiger partial charge on any atom is 0.0410 e. The van der Waals surface area contributed by atoms with E-state index in [-0.39, 0.29) is 0 Å². The van der Waals surface area contributed by atoms with E-state index < -0.39 is 0 Å². The molecule has 0 aromatic heterocycles. The van der Waals surface area contributed by atoms with Crippen LogP contribution in [0.15, 0.2) is 22.7 Å². The van der Waals surface area contributed by atoms with Crippen LogP contribution < -0.4 is 10.6 Å². The Kier molecular flexibility index (Phi) is 4.91. The third-order valence-electron chi connectivity index (χ3n) is 4.74. The minimum absolute atomic E-state index is 0.516. The zero-order valence-corrected chi connectivity index (χ0v) is 13.7. The molecule has 1 heterocycles. The third kappa shape index (κ3) is 3.14. The zero-order chi connectivity index (χ0) is 13.9. The largest absolute Gasteiger partial charge is 0.371 e. The van der Waals surface area contributed by atoms with E-state index in [2.05, 4.69) is 52.9 Å². The molecule has 0 saturated carbocycles. The van der Waals surface area contributed by atoms with Crippen LogP contribution in [-0.2, 0) is 6.42 Å². The van der Waals surface area contributed by atoms with Gasteiger partial charge in [0.2, 0.25) is 0 Å². The summed E-state index contributed by atoms with van der Waals surface area (Å²) in [5, 5.41) is 0. The van der Waals surface area contributed by atoms with Crippen LogP contribution in [0.2, 0.25) is 0 Å². The lowest BCUT2D eigenvalue weighted by Gasteiger charge is -2.28. The molecule has 0 spiro atoms. The Morgan fingerprint density at radius 1 is 1.32 bits per heavy atom. The molecule has 1 fully saturated rings. The average Bonchev–Trinajstić information content (AvgIpc) is 2.86. The SMILES string of the molecule is CCC1(CC)CCN(c2cc(Br)ccc2CCN)C1. The molecular weight excluding hydrogens is 300 g/mol. The van der Waals surface area contributed by atoms with E-state index in [1.807, 2.05) is 0 Å². The first-order valence-electron chi connectivity index (χ1n) is 7.37. The minimum Gasteiger partial charge on any atom is -0.371 e. The monoisotopic (exact) mass is 324 g/mol. The Bertz CT molecular complexity index is 427.